The molecule has 1 aliphatic heterocycles. The van der Waals surface area contributed by atoms with E-state index in [9.17, 15) is 4.79 Å². The number of esters is 1. The molecule has 1 aliphatic rings. The van der Waals surface area contributed by atoms with E-state index in [-0.39, 0.29) is 18.2 Å². The van der Waals surface area contributed by atoms with Gasteiger partial charge in [-0.15, -0.1) is 0 Å². The van der Waals surface area contributed by atoms with Gasteiger partial charge in [-0.25, -0.2) is 0 Å². The average Bonchev–Trinajstić information content (AvgIpc) is 2.64. The van der Waals surface area contributed by atoms with Crippen molar-refractivity contribution in [1.82, 2.24) is 0 Å². The fourth-order valence-electron chi connectivity index (χ4n) is 2.01. The van der Waals surface area contributed by atoms with Gasteiger partial charge in [0.15, 0.2) is 5.79 Å². The lowest BCUT2D eigenvalue weighted by Gasteiger charge is -2.16. The molecule has 0 radical (unpaired) electrons. The SMILES string of the molecule is COC(=O)CCC[C@@H]1OC(C)(C)O[C@@H]1/C=C/C=C/Br. The summed E-state index contributed by atoms with van der Waals surface area (Å²) in [6.45, 7) is 3.79. The Kier molecular flexibility index (Phi) is 6.75. The van der Waals surface area contributed by atoms with E-state index in [1.54, 1.807) is 4.99 Å². The molecule has 1 fully saturated rings. The number of halogens is 1. The first-order valence-electron chi connectivity index (χ1n) is 6.34. The Bertz CT molecular complexity index is 349. The number of carbonyl (C=O) groups excluding carboxylic acids is 1. The van der Waals surface area contributed by atoms with Crippen LogP contribution in [0.3, 0.4) is 0 Å². The maximum Gasteiger partial charge on any atom is 0.305 e. The van der Waals surface area contributed by atoms with Crippen molar-refractivity contribution in [2.45, 2.75) is 51.1 Å². The fraction of sp³-hybridized carbons (Fsp3) is 0.643. The summed E-state index contributed by atoms with van der Waals surface area (Å²) in [5.74, 6) is -0.768. The highest BCUT2D eigenvalue weighted by molar-refractivity contribution is 9.11. The molecule has 5 heteroatoms. The highest BCUT2D eigenvalue weighted by Gasteiger charge is 2.39. The summed E-state index contributed by atoms with van der Waals surface area (Å²) < 4.78 is 16.3. The summed E-state index contributed by atoms with van der Waals surface area (Å²) in [5.41, 5.74) is 0. The summed E-state index contributed by atoms with van der Waals surface area (Å²) in [6.07, 6.45) is 7.55. The Morgan fingerprint density at radius 3 is 2.74 bits per heavy atom. The van der Waals surface area contributed by atoms with Crippen LogP contribution in [-0.4, -0.2) is 31.1 Å². The number of allylic oxidation sites excluding steroid dienone is 2. The Morgan fingerprint density at radius 2 is 2.11 bits per heavy atom. The number of methoxy groups -OCH3 is 1. The lowest BCUT2D eigenvalue weighted by Crippen LogP contribution is -2.21. The minimum atomic E-state index is -0.580. The van der Waals surface area contributed by atoms with E-state index in [0.29, 0.717) is 6.42 Å². The molecule has 1 rings (SSSR count). The molecule has 1 saturated heterocycles. The first-order chi connectivity index (χ1) is 8.98. The second kappa shape index (κ2) is 7.82. The number of hydrogen-bond donors (Lipinski definition) is 0. The molecule has 0 amide bonds. The summed E-state index contributed by atoms with van der Waals surface area (Å²) in [5, 5.41) is 0. The molecule has 1 heterocycles. The normalized spacial score (nSPS) is 26.3. The lowest BCUT2D eigenvalue weighted by molar-refractivity contribution is -0.144. The molecule has 0 unspecified atom stereocenters. The second-order valence-electron chi connectivity index (χ2n) is 4.81. The molecule has 0 saturated carbocycles. The van der Waals surface area contributed by atoms with Gasteiger partial charge < -0.3 is 14.2 Å². The zero-order valence-corrected chi connectivity index (χ0v) is 13.2. The third kappa shape index (κ3) is 5.89. The van der Waals surface area contributed by atoms with Gasteiger partial charge in [-0.3, -0.25) is 4.79 Å². The Balaban J connectivity index is 2.50. The van der Waals surface area contributed by atoms with Crippen LogP contribution in [-0.2, 0) is 19.0 Å². The molecule has 0 aliphatic carbocycles. The second-order valence-corrected chi connectivity index (χ2v) is 5.34. The van der Waals surface area contributed by atoms with Crippen LogP contribution in [0.4, 0.5) is 0 Å². The maximum atomic E-state index is 11.1. The Labute approximate surface area is 122 Å². The van der Waals surface area contributed by atoms with E-state index in [1.807, 2.05) is 32.1 Å². The van der Waals surface area contributed by atoms with E-state index < -0.39 is 5.79 Å². The van der Waals surface area contributed by atoms with Crippen LogP contribution in [0.15, 0.2) is 23.2 Å². The van der Waals surface area contributed by atoms with Crippen LogP contribution in [0.1, 0.15) is 33.1 Å². The lowest BCUT2D eigenvalue weighted by atomic mass is 10.1. The zero-order valence-electron chi connectivity index (χ0n) is 11.6. The standard InChI is InChI=1S/C14H21BrO4/c1-14(2)18-11(7-4-5-10-15)12(19-14)8-6-9-13(16)17-3/h4-5,7,10-12H,6,8-9H2,1-3H3/b7-4+,10-5+/t11-,12+/m1/s1. The molecule has 0 N–H and O–H groups in total. The molecule has 0 aromatic heterocycles. The highest BCUT2D eigenvalue weighted by Crippen LogP contribution is 2.31. The molecule has 0 spiro atoms. The van der Waals surface area contributed by atoms with Crippen LogP contribution in [0.2, 0.25) is 0 Å². The number of hydrogen-bond acceptors (Lipinski definition) is 4. The molecular formula is C14H21BrO4. The summed E-state index contributed by atoms with van der Waals surface area (Å²) >= 11 is 3.21. The molecule has 0 aromatic rings. The van der Waals surface area contributed by atoms with E-state index in [1.165, 1.54) is 7.11 Å². The van der Waals surface area contributed by atoms with Gasteiger partial charge in [0.05, 0.1) is 13.2 Å². The zero-order chi connectivity index (χ0) is 14.3. The molecule has 2 atom stereocenters. The van der Waals surface area contributed by atoms with Crippen LogP contribution in [0.25, 0.3) is 0 Å². The Morgan fingerprint density at radius 1 is 1.37 bits per heavy atom. The van der Waals surface area contributed by atoms with Gasteiger partial charge >= 0.3 is 5.97 Å². The molecule has 0 bridgehead atoms. The minimum absolute atomic E-state index is 0.0281. The van der Waals surface area contributed by atoms with Gasteiger partial charge in [-0.05, 0) is 31.7 Å². The van der Waals surface area contributed by atoms with Crippen molar-refractivity contribution in [1.29, 1.82) is 0 Å². The number of rotatable bonds is 6. The molecule has 0 aromatic carbocycles. The summed E-state index contributed by atoms with van der Waals surface area (Å²) in [4.78, 5) is 12.9. The smallest absolute Gasteiger partial charge is 0.305 e. The minimum Gasteiger partial charge on any atom is -0.469 e. The predicted molar refractivity (Wildman–Crippen MR) is 76.9 cm³/mol. The maximum absolute atomic E-state index is 11.1. The predicted octanol–water partition coefficient (Wildman–Crippen LogP) is 3.31. The molecule has 4 nitrogen and oxygen atoms in total. The van der Waals surface area contributed by atoms with Gasteiger partial charge in [-0.2, -0.15) is 0 Å². The van der Waals surface area contributed by atoms with Crippen LogP contribution in [0, 0.1) is 0 Å². The van der Waals surface area contributed by atoms with Crippen molar-refractivity contribution in [3.8, 4) is 0 Å². The van der Waals surface area contributed by atoms with Gasteiger partial charge in [-0.1, -0.05) is 34.2 Å². The van der Waals surface area contributed by atoms with Crippen molar-refractivity contribution in [3.05, 3.63) is 23.2 Å². The monoisotopic (exact) mass is 332 g/mol. The topological polar surface area (TPSA) is 44.8 Å². The largest absolute Gasteiger partial charge is 0.469 e. The van der Waals surface area contributed by atoms with Crippen molar-refractivity contribution in [2.75, 3.05) is 7.11 Å². The van der Waals surface area contributed by atoms with Crippen molar-refractivity contribution < 1.29 is 19.0 Å². The van der Waals surface area contributed by atoms with Crippen molar-refractivity contribution in [3.63, 3.8) is 0 Å². The third-order valence-corrected chi connectivity index (χ3v) is 3.11. The van der Waals surface area contributed by atoms with E-state index in [4.69, 9.17) is 9.47 Å². The van der Waals surface area contributed by atoms with Crippen LogP contribution in [0.5, 0.6) is 0 Å². The summed E-state index contributed by atoms with van der Waals surface area (Å²) in [7, 11) is 1.40. The van der Waals surface area contributed by atoms with Crippen molar-refractivity contribution in [2.24, 2.45) is 0 Å². The number of ether oxygens (including phenoxy) is 3. The van der Waals surface area contributed by atoms with E-state index >= 15 is 0 Å². The quantitative estimate of drug-likeness (QED) is 0.553. The third-order valence-electron chi connectivity index (χ3n) is 2.80. The van der Waals surface area contributed by atoms with E-state index in [0.717, 1.165) is 12.8 Å². The molecule has 19 heavy (non-hydrogen) atoms. The van der Waals surface area contributed by atoms with Gasteiger partial charge in [0.25, 0.3) is 0 Å². The molecular weight excluding hydrogens is 312 g/mol. The summed E-state index contributed by atoms with van der Waals surface area (Å²) in [6, 6.07) is 0. The van der Waals surface area contributed by atoms with Gasteiger partial charge in [0.2, 0.25) is 0 Å². The van der Waals surface area contributed by atoms with Gasteiger partial charge in [0.1, 0.15) is 6.10 Å². The van der Waals surface area contributed by atoms with E-state index in [2.05, 4.69) is 20.7 Å². The van der Waals surface area contributed by atoms with Gasteiger partial charge in [0, 0.05) is 6.42 Å². The average molecular weight is 333 g/mol. The van der Waals surface area contributed by atoms with Crippen LogP contribution >= 0.6 is 15.9 Å². The highest BCUT2D eigenvalue weighted by atomic mass is 79.9. The fourth-order valence-corrected chi connectivity index (χ4v) is 2.19. The first-order valence-corrected chi connectivity index (χ1v) is 7.26. The molecule has 108 valence electrons. The van der Waals surface area contributed by atoms with Crippen LogP contribution < -0.4 is 0 Å². The Hall–Kier alpha value is -0.650. The number of carbonyl (C=O) groups is 1. The van der Waals surface area contributed by atoms with Crippen molar-refractivity contribution >= 4 is 21.9 Å². The first kappa shape index (κ1) is 16.4.